The molecule has 0 fully saturated rings. The molecule has 1 N–H and O–H groups in total. The first-order valence-corrected chi connectivity index (χ1v) is 8.29. The Morgan fingerprint density at radius 1 is 1.19 bits per heavy atom. The summed E-state index contributed by atoms with van der Waals surface area (Å²) in [6, 6.07) is 3.05. The highest BCUT2D eigenvalue weighted by atomic mass is 35.7. The third kappa shape index (κ3) is 2.48. The Labute approximate surface area is 128 Å². The molecule has 9 heteroatoms. The molecule has 5 nitrogen and oxygen atoms in total. The van der Waals surface area contributed by atoms with Crippen molar-refractivity contribution >= 4 is 42.2 Å². The number of aromatic nitrogens is 3. The lowest BCUT2D eigenvalue weighted by atomic mass is 10.1. The van der Waals surface area contributed by atoms with Crippen LogP contribution in [0.3, 0.4) is 0 Å². The van der Waals surface area contributed by atoms with Crippen molar-refractivity contribution in [2.45, 2.75) is 4.90 Å². The van der Waals surface area contributed by atoms with Gasteiger partial charge in [0.1, 0.15) is 4.90 Å². The third-order valence-electron chi connectivity index (χ3n) is 2.91. The predicted octanol–water partition coefficient (Wildman–Crippen LogP) is 3.34. The molecule has 0 bridgehead atoms. The minimum Gasteiger partial charge on any atom is -0.359 e. The van der Waals surface area contributed by atoms with E-state index in [1.807, 2.05) is 0 Å². The van der Waals surface area contributed by atoms with E-state index in [9.17, 15) is 12.8 Å². The van der Waals surface area contributed by atoms with Crippen LogP contribution in [0.4, 0.5) is 4.39 Å². The topological polar surface area (TPSA) is 75.7 Å². The number of halogens is 3. The van der Waals surface area contributed by atoms with Crippen molar-refractivity contribution in [1.82, 2.24) is 15.0 Å². The van der Waals surface area contributed by atoms with Gasteiger partial charge in [0.15, 0.2) is 0 Å². The molecule has 0 amide bonds. The first-order chi connectivity index (χ1) is 9.88. The smallest absolute Gasteiger partial charge is 0.263 e. The number of hydrogen-bond donors (Lipinski definition) is 1. The number of H-pyrrole nitrogens is 1. The summed E-state index contributed by atoms with van der Waals surface area (Å²) < 4.78 is 35.9. The van der Waals surface area contributed by atoms with Crippen LogP contribution in [-0.2, 0) is 9.05 Å². The Morgan fingerprint density at radius 3 is 2.57 bits per heavy atom. The molecule has 0 saturated heterocycles. The molecule has 0 aliphatic heterocycles. The van der Waals surface area contributed by atoms with E-state index in [0.29, 0.717) is 27.2 Å². The molecule has 3 aromatic rings. The number of benzene rings is 1. The predicted molar refractivity (Wildman–Crippen MR) is 77.3 cm³/mol. The Balaban J connectivity index is 2.35. The summed E-state index contributed by atoms with van der Waals surface area (Å²) in [6.07, 6.45) is 3.43. The van der Waals surface area contributed by atoms with Crippen molar-refractivity contribution in [3.8, 4) is 11.3 Å². The highest BCUT2D eigenvalue weighted by molar-refractivity contribution is 8.14. The number of nitrogens with one attached hydrogen (secondary N) is 1. The third-order valence-corrected chi connectivity index (χ3v) is 4.58. The number of aromatic amines is 1. The quantitative estimate of drug-likeness (QED) is 0.722. The lowest BCUT2D eigenvalue weighted by molar-refractivity contribution is 0.577. The standard InChI is InChI=1S/C12H6Cl2FN3O2S/c13-7-2-1-6-9(21(14,19)20)4-18-12(6)11(7)8-3-17-10(15)5-16-8/h1-5,18H. The van der Waals surface area contributed by atoms with Gasteiger partial charge in [0.05, 0.1) is 28.6 Å². The van der Waals surface area contributed by atoms with E-state index in [-0.39, 0.29) is 4.90 Å². The van der Waals surface area contributed by atoms with Crippen molar-refractivity contribution in [2.24, 2.45) is 0 Å². The normalized spacial score (nSPS) is 12.0. The maximum atomic E-state index is 12.9. The molecule has 0 aliphatic rings. The molecule has 1 aromatic carbocycles. The van der Waals surface area contributed by atoms with E-state index in [1.54, 1.807) is 0 Å². The second-order valence-corrected chi connectivity index (χ2v) is 7.10. The molecule has 0 unspecified atom stereocenters. The molecule has 2 aromatic heterocycles. The summed E-state index contributed by atoms with van der Waals surface area (Å²) in [7, 11) is 1.48. The van der Waals surface area contributed by atoms with Gasteiger partial charge in [0, 0.05) is 27.8 Å². The molecule has 0 saturated carbocycles. The zero-order chi connectivity index (χ0) is 15.2. The summed E-state index contributed by atoms with van der Waals surface area (Å²) in [4.78, 5) is 10.2. The molecular formula is C12H6Cl2FN3O2S. The minimum atomic E-state index is -3.90. The Hall–Kier alpha value is -1.70. The van der Waals surface area contributed by atoms with E-state index in [2.05, 4.69) is 15.0 Å². The average molecular weight is 346 g/mol. The molecule has 2 heterocycles. The van der Waals surface area contributed by atoms with Crippen LogP contribution >= 0.6 is 22.3 Å². The summed E-state index contributed by atoms with van der Waals surface area (Å²) in [5, 5.41) is 0.694. The van der Waals surface area contributed by atoms with Crippen LogP contribution in [0.2, 0.25) is 5.02 Å². The number of nitrogens with zero attached hydrogens (tertiary/aromatic N) is 2. The average Bonchev–Trinajstić information content (AvgIpc) is 2.84. The largest absolute Gasteiger partial charge is 0.359 e. The fourth-order valence-corrected chi connectivity index (χ4v) is 3.31. The van der Waals surface area contributed by atoms with Crippen LogP contribution in [-0.4, -0.2) is 23.4 Å². The number of hydrogen-bond acceptors (Lipinski definition) is 4. The number of fused-ring (bicyclic) bond motifs is 1. The molecule has 3 rings (SSSR count). The van der Waals surface area contributed by atoms with Crippen LogP contribution < -0.4 is 0 Å². The monoisotopic (exact) mass is 345 g/mol. The molecule has 0 atom stereocenters. The van der Waals surface area contributed by atoms with Gasteiger partial charge in [-0.1, -0.05) is 11.6 Å². The van der Waals surface area contributed by atoms with Crippen molar-refractivity contribution in [1.29, 1.82) is 0 Å². The van der Waals surface area contributed by atoms with Gasteiger partial charge < -0.3 is 4.98 Å². The van der Waals surface area contributed by atoms with Crippen molar-refractivity contribution in [2.75, 3.05) is 0 Å². The summed E-state index contributed by atoms with van der Waals surface area (Å²) in [6.45, 7) is 0. The van der Waals surface area contributed by atoms with Gasteiger partial charge in [-0.15, -0.1) is 0 Å². The van der Waals surface area contributed by atoms with E-state index < -0.39 is 15.0 Å². The van der Waals surface area contributed by atoms with Gasteiger partial charge in [-0.2, -0.15) is 4.39 Å². The second kappa shape index (κ2) is 4.94. The van der Waals surface area contributed by atoms with Gasteiger partial charge in [0.2, 0.25) is 5.95 Å². The zero-order valence-electron chi connectivity index (χ0n) is 10.1. The van der Waals surface area contributed by atoms with E-state index in [4.69, 9.17) is 22.3 Å². The van der Waals surface area contributed by atoms with E-state index in [1.165, 1.54) is 24.5 Å². The molecule has 0 radical (unpaired) electrons. The molecule has 21 heavy (non-hydrogen) atoms. The fraction of sp³-hybridized carbons (Fsp3) is 0. The molecule has 0 aliphatic carbocycles. The summed E-state index contributed by atoms with van der Waals surface area (Å²) in [5.41, 5.74) is 1.17. The maximum absolute atomic E-state index is 12.9. The van der Waals surface area contributed by atoms with Gasteiger partial charge in [0.25, 0.3) is 9.05 Å². The highest BCUT2D eigenvalue weighted by Gasteiger charge is 2.20. The first kappa shape index (κ1) is 14.2. The van der Waals surface area contributed by atoms with E-state index >= 15 is 0 Å². The summed E-state index contributed by atoms with van der Waals surface area (Å²) >= 11 is 6.14. The lowest BCUT2D eigenvalue weighted by Crippen LogP contribution is -1.91. The van der Waals surface area contributed by atoms with Crippen LogP contribution in [0.25, 0.3) is 22.2 Å². The molecule has 0 spiro atoms. The van der Waals surface area contributed by atoms with Gasteiger partial charge in [-0.05, 0) is 12.1 Å². The molecular weight excluding hydrogens is 340 g/mol. The fourth-order valence-electron chi connectivity index (χ4n) is 2.04. The second-order valence-electron chi connectivity index (χ2n) is 4.16. The highest BCUT2D eigenvalue weighted by Crippen LogP contribution is 2.36. The van der Waals surface area contributed by atoms with Crippen molar-refractivity contribution in [3.63, 3.8) is 0 Å². The van der Waals surface area contributed by atoms with Crippen LogP contribution in [0.15, 0.2) is 35.6 Å². The number of rotatable bonds is 2. The Morgan fingerprint density at radius 2 is 1.95 bits per heavy atom. The first-order valence-electron chi connectivity index (χ1n) is 5.60. The van der Waals surface area contributed by atoms with Gasteiger partial charge in [-0.25, -0.2) is 18.4 Å². The Kier molecular flexibility index (Phi) is 3.35. The van der Waals surface area contributed by atoms with Crippen molar-refractivity contribution in [3.05, 3.63) is 41.7 Å². The Bertz CT molecular complexity index is 939. The van der Waals surface area contributed by atoms with Gasteiger partial charge in [-0.3, -0.25) is 0 Å². The van der Waals surface area contributed by atoms with Crippen LogP contribution in [0.1, 0.15) is 0 Å². The minimum absolute atomic E-state index is 0.0628. The SMILES string of the molecule is O=S(=O)(Cl)c1c[nH]c2c(-c3cnc(F)cn3)c(Cl)ccc12. The van der Waals surface area contributed by atoms with E-state index in [0.717, 1.165) is 6.20 Å². The molecule has 108 valence electrons. The lowest BCUT2D eigenvalue weighted by Gasteiger charge is -2.05. The van der Waals surface area contributed by atoms with Gasteiger partial charge >= 0.3 is 0 Å². The maximum Gasteiger partial charge on any atom is 0.263 e. The summed E-state index contributed by atoms with van der Waals surface area (Å²) in [5.74, 6) is -0.724. The van der Waals surface area contributed by atoms with Crippen molar-refractivity contribution < 1.29 is 12.8 Å². The zero-order valence-corrected chi connectivity index (χ0v) is 12.5. The van der Waals surface area contributed by atoms with Crippen LogP contribution in [0, 0.1) is 5.95 Å². The van der Waals surface area contributed by atoms with Crippen LogP contribution in [0.5, 0.6) is 0 Å².